The molecule has 4 rings (SSSR count). The number of benzene rings is 1. The summed E-state index contributed by atoms with van der Waals surface area (Å²) >= 11 is 2.60. The van der Waals surface area contributed by atoms with Crippen LogP contribution in [-0.2, 0) is 17.6 Å². The van der Waals surface area contributed by atoms with Crippen LogP contribution in [0.25, 0.3) is 15.9 Å². The summed E-state index contributed by atoms with van der Waals surface area (Å²) in [4.78, 5) is 31.4. The summed E-state index contributed by atoms with van der Waals surface area (Å²) in [6.45, 7) is 1.65. The fraction of sp³-hybridized carbons (Fsp3) is 0.316. The van der Waals surface area contributed by atoms with Gasteiger partial charge in [0.1, 0.15) is 10.6 Å². The second kappa shape index (κ2) is 7.09. The van der Waals surface area contributed by atoms with E-state index < -0.39 is 17.0 Å². The third-order valence-electron chi connectivity index (χ3n) is 4.73. The summed E-state index contributed by atoms with van der Waals surface area (Å²) in [5, 5.41) is 0.262. The molecule has 0 spiro atoms. The Morgan fingerprint density at radius 1 is 1.33 bits per heavy atom. The molecule has 1 aromatic carbocycles. The van der Waals surface area contributed by atoms with Crippen LogP contribution < -0.4 is 11.3 Å². The van der Waals surface area contributed by atoms with E-state index in [-0.39, 0.29) is 16.4 Å². The summed E-state index contributed by atoms with van der Waals surface area (Å²) in [5.74, 6) is -1.03. The van der Waals surface area contributed by atoms with Crippen molar-refractivity contribution < 1.29 is 9.18 Å². The first kappa shape index (κ1) is 18.2. The van der Waals surface area contributed by atoms with E-state index in [2.05, 4.69) is 4.98 Å². The van der Waals surface area contributed by atoms with Crippen molar-refractivity contribution in [2.75, 3.05) is 0 Å². The minimum absolute atomic E-state index is 0.131. The maximum Gasteiger partial charge on any atom is 0.267 e. The normalized spacial score (nSPS) is 14.9. The molecule has 27 heavy (non-hydrogen) atoms. The molecule has 1 atom stereocenters. The summed E-state index contributed by atoms with van der Waals surface area (Å²) in [6.07, 6.45) is 3.91. The molecule has 140 valence electrons. The molecule has 0 aliphatic heterocycles. The number of hydrogen-bond donors (Lipinski definition) is 1. The Labute approximate surface area is 163 Å². The Bertz CT molecular complexity index is 1110. The van der Waals surface area contributed by atoms with Crippen LogP contribution in [0.5, 0.6) is 0 Å². The molecule has 0 fully saturated rings. The molecule has 5 nitrogen and oxygen atoms in total. The van der Waals surface area contributed by atoms with Crippen molar-refractivity contribution in [1.29, 1.82) is 0 Å². The Hall–Kier alpha value is -2.19. The SMILES string of the molecule is CC(Sc1nc2sc3c(c2c(=O)n1-c1ccccc1F)CCCC3)C(N)=O. The van der Waals surface area contributed by atoms with Crippen LogP contribution in [0.2, 0.25) is 0 Å². The van der Waals surface area contributed by atoms with Crippen LogP contribution in [-0.4, -0.2) is 20.7 Å². The zero-order valence-corrected chi connectivity index (χ0v) is 16.3. The van der Waals surface area contributed by atoms with E-state index in [1.54, 1.807) is 25.1 Å². The van der Waals surface area contributed by atoms with Crippen molar-refractivity contribution in [3.8, 4) is 5.69 Å². The maximum absolute atomic E-state index is 14.5. The third-order valence-corrected chi connectivity index (χ3v) is 6.99. The number of amides is 1. The first-order valence-corrected chi connectivity index (χ1v) is 10.4. The van der Waals surface area contributed by atoms with E-state index in [4.69, 9.17) is 5.73 Å². The van der Waals surface area contributed by atoms with Gasteiger partial charge >= 0.3 is 0 Å². The zero-order valence-electron chi connectivity index (χ0n) is 14.7. The van der Waals surface area contributed by atoms with Crippen LogP contribution in [0, 0.1) is 5.82 Å². The molecule has 0 saturated carbocycles. The smallest absolute Gasteiger partial charge is 0.267 e. The quantitative estimate of drug-likeness (QED) is 0.535. The van der Waals surface area contributed by atoms with Crippen LogP contribution in [0.15, 0.2) is 34.2 Å². The molecule has 1 aliphatic carbocycles. The summed E-state index contributed by atoms with van der Waals surface area (Å²) in [7, 11) is 0. The van der Waals surface area contributed by atoms with Gasteiger partial charge in [-0.25, -0.2) is 9.37 Å². The van der Waals surface area contributed by atoms with E-state index in [1.807, 2.05) is 0 Å². The molecule has 2 N–H and O–H groups in total. The number of nitrogens with zero attached hydrogens (tertiary/aromatic N) is 2. The molecular weight excluding hydrogens is 385 g/mol. The number of thioether (sulfide) groups is 1. The first-order chi connectivity index (χ1) is 13.0. The van der Waals surface area contributed by atoms with Crippen molar-refractivity contribution >= 4 is 39.2 Å². The number of rotatable bonds is 4. The van der Waals surface area contributed by atoms with Gasteiger partial charge in [0.15, 0.2) is 5.16 Å². The average molecular weight is 404 g/mol. The van der Waals surface area contributed by atoms with E-state index >= 15 is 0 Å². The number of para-hydroxylation sites is 1. The number of hydrogen-bond acceptors (Lipinski definition) is 5. The van der Waals surface area contributed by atoms with Crippen LogP contribution in [0.3, 0.4) is 0 Å². The van der Waals surface area contributed by atoms with Crippen molar-refractivity contribution in [3.63, 3.8) is 0 Å². The summed E-state index contributed by atoms with van der Waals surface area (Å²) in [5.41, 5.74) is 6.27. The standard InChI is InChI=1S/C19H18FN3O2S2/c1-10(16(21)24)26-19-22-17-15(11-6-2-5-9-14(11)27-17)18(25)23(19)13-8-4-3-7-12(13)20/h3-4,7-8,10H,2,5-6,9H2,1H3,(H2,21,24). The summed E-state index contributed by atoms with van der Waals surface area (Å²) in [6, 6.07) is 6.09. The van der Waals surface area contributed by atoms with Gasteiger partial charge in [0.2, 0.25) is 5.91 Å². The molecule has 8 heteroatoms. The minimum Gasteiger partial charge on any atom is -0.369 e. The van der Waals surface area contributed by atoms with Crippen molar-refractivity contribution in [2.24, 2.45) is 5.73 Å². The highest BCUT2D eigenvalue weighted by molar-refractivity contribution is 8.00. The number of nitrogens with two attached hydrogens (primary N) is 1. The third kappa shape index (κ3) is 3.17. The highest BCUT2D eigenvalue weighted by atomic mass is 32.2. The number of aryl methyl sites for hydroxylation is 2. The van der Waals surface area contributed by atoms with Crippen molar-refractivity contribution in [1.82, 2.24) is 9.55 Å². The van der Waals surface area contributed by atoms with Gasteiger partial charge in [-0.2, -0.15) is 0 Å². The van der Waals surface area contributed by atoms with Gasteiger partial charge in [0.05, 0.1) is 16.3 Å². The number of halogens is 1. The number of aromatic nitrogens is 2. The van der Waals surface area contributed by atoms with Crippen molar-refractivity contribution in [3.05, 3.63) is 50.9 Å². The van der Waals surface area contributed by atoms with Crippen LogP contribution in [0.4, 0.5) is 4.39 Å². The Morgan fingerprint density at radius 2 is 2.07 bits per heavy atom. The fourth-order valence-corrected chi connectivity index (χ4v) is 5.50. The number of fused-ring (bicyclic) bond motifs is 3. The molecule has 3 aromatic rings. The van der Waals surface area contributed by atoms with Gasteiger partial charge in [-0.1, -0.05) is 23.9 Å². The Kier molecular flexibility index (Phi) is 4.77. The highest BCUT2D eigenvalue weighted by Crippen LogP contribution is 2.35. The lowest BCUT2D eigenvalue weighted by Gasteiger charge is -2.15. The molecule has 0 saturated heterocycles. The lowest BCUT2D eigenvalue weighted by molar-refractivity contribution is -0.117. The predicted octanol–water partition coefficient (Wildman–Crippen LogP) is 3.43. The maximum atomic E-state index is 14.5. The average Bonchev–Trinajstić information content (AvgIpc) is 3.01. The van der Waals surface area contributed by atoms with Crippen molar-refractivity contribution in [2.45, 2.75) is 43.0 Å². The highest BCUT2D eigenvalue weighted by Gasteiger charge is 2.25. The predicted molar refractivity (Wildman–Crippen MR) is 106 cm³/mol. The number of carbonyl (C=O) groups excluding carboxylic acids is 1. The number of carbonyl (C=O) groups is 1. The molecule has 0 radical (unpaired) electrons. The van der Waals surface area contributed by atoms with Gasteiger partial charge < -0.3 is 5.73 Å². The molecule has 1 unspecified atom stereocenters. The van der Waals surface area contributed by atoms with E-state index in [0.717, 1.165) is 43.0 Å². The topological polar surface area (TPSA) is 78.0 Å². The molecule has 0 bridgehead atoms. The van der Waals surface area contributed by atoms with Gasteiger partial charge in [0, 0.05) is 4.88 Å². The van der Waals surface area contributed by atoms with Crippen LogP contribution in [0.1, 0.15) is 30.2 Å². The summed E-state index contributed by atoms with van der Waals surface area (Å²) < 4.78 is 15.8. The molecule has 1 amide bonds. The fourth-order valence-electron chi connectivity index (χ4n) is 3.33. The second-order valence-corrected chi connectivity index (χ2v) is 8.93. The Morgan fingerprint density at radius 3 is 2.81 bits per heavy atom. The minimum atomic E-state index is -0.595. The monoisotopic (exact) mass is 403 g/mol. The molecular formula is C19H18FN3O2S2. The van der Waals surface area contributed by atoms with E-state index in [9.17, 15) is 14.0 Å². The van der Waals surface area contributed by atoms with E-state index in [0.29, 0.717) is 10.2 Å². The van der Waals surface area contributed by atoms with Gasteiger partial charge in [-0.3, -0.25) is 14.2 Å². The lowest BCUT2D eigenvalue weighted by atomic mass is 9.97. The first-order valence-electron chi connectivity index (χ1n) is 8.75. The largest absolute Gasteiger partial charge is 0.369 e. The zero-order chi connectivity index (χ0) is 19.1. The molecule has 2 aromatic heterocycles. The molecule has 1 aliphatic rings. The molecule has 2 heterocycles. The second-order valence-electron chi connectivity index (χ2n) is 6.54. The van der Waals surface area contributed by atoms with Gasteiger partial charge in [0.25, 0.3) is 5.56 Å². The van der Waals surface area contributed by atoms with Gasteiger partial charge in [-0.15, -0.1) is 11.3 Å². The number of primary amides is 1. The van der Waals surface area contributed by atoms with Crippen LogP contribution >= 0.6 is 23.1 Å². The Balaban J connectivity index is 2.02. The van der Waals surface area contributed by atoms with Gasteiger partial charge in [-0.05, 0) is 50.3 Å². The lowest BCUT2D eigenvalue weighted by Crippen LogP contribution is -2.27. The number of thiophene rings is 1. The van der Waals surface area contributed by atoms with E-state index in [1.165, 1.54) is 26.8 Å².